The second kappa shape index (κ2) is 6.15. The highest BCUT2D eigenvalue weighted by atomic mass is 16.5. The molecule has 19 heavy (non-hydrogen) atoms. The van der Waals surface area contributed by atoms with E-state index in [0.29, 0.717) is 24.5 Å². The van der Waals surface area contributed by atoms with Crippen molar-refractivity contribution in [1.82, 2.24) is 10.3 Å². The number of carbonyl (C=O) groups is 1. The van der Waals surface area contributed by atoms with Crippen molar-refractivity contribution in [3.05, 3.63) is 36.2 Å². The van der Waals surface area contributed by atoms with E-state index in [1.807, 2.05) is 24.3 Å². The number of fused-ring (bicyclic) bond motifs is 1. The monoisotopic (exact) mass is 259 g/mol. The van der Waals surface area contributed by atoms with Gasteiger partial charge in [0.25, 0.3) is 5.91 Å². The second-order valence-corrected chi connectivity index (χ2v) is 4.20. The molecular weight excluding hydrogens is 242 g/mol. The van der Waals surface area contributed by atoms with Crippen molar-refractivity contribution in [2.45, 2.75) is 6.42 Å². The molecule has 0 aliphatic rings. The van der Waals surface area contributed by atoms with E-state index in [1.165, 1.54) is 0 Å². The molecular formula is C14H17N3O2. The van der Waals surface area contributed by atoms with Gasteiger partial charge in [-0.05, 0) is 18.6 Å². The lowest BCUT2D eigenvalue weighted by Gasteiger charge is -2.08. The molecule has 0 aliphatic heterocycles. The molecule has 0 saturated heterocycles. The summed E-state index contributed by atoms with van der Waals surface area (Å²) in [6.07, 6.45) is 2.37. The number of amides is 1. The van der Waals surface area contributed by atoms with Crippen LogP contribution in [-0.4, -0.2) is 31.2 Å². The van der Waals surface area contributed by atoms with Crippen molar-refractivity contribution in [1.29, 1.82) is 0 Å². The lowest BCUT2D eigenvalue weighted by molar-refractivity contribution is 0.0945. The molecule has 0 radical (unpaired) electrons. The third-order valence-electron chi connectivity index (χ3n) is 2.87. The molecule has 0 unspecified atom stereocenters. The maximum Gasteiger partial charge on any atom is 0.270 e. The molecule has 1 amide bonds. The first kappa shape index (κ1) is 13.3. The Labute approximate surface area is 111 Å². The molecule has 0 atom stereocenters. The topological polar surface area (TPSA) is 77.2 Å². The highest BCUT2D eigenvalue weighted by molar-refractivity contribution is 6.07. The average Bonchev–Trinajstić information content (AvgIpc) is 2.43. The van der Waals surface area contributed by atoms with Crippen LogP contribution < -0.4 is 11.1 Å². The predicted molar refractivity (Wildman–Crippen MR) is 75.0 cm³/mol. The van der Waals surface area contributed by atoms with Crippen LogP contribution in [0.2, 0.25) is 0 Å². The van der Waals surface area contributed by atoms with Gasteiger partial charge in [0.05, 0.1) is 0 Å². The standard InChI is InChI=1S/C14H17N3O2/c1-19-9-3-7-17-14(18)13-11-4-2-5-12(15)10(11)6-8-16-13/h2,4-6,8H,3,7,9,15H2,1H3,(H,17,18). The highest BCUT2D eigenvalue weighted by Gasteiger charge is 2.11. The number of ether oxygens (including phenoxy) is 1. The minimum Gasteiger partial charge on any atom is -0.398 e. The number of nitrogens with one attached hydrogen (secondary N) is 1. The summed E-state index contributed by atoms with van der Waals surface area (Å²) in [5.74, 6) is -0.188. The van der Waals surface area contributed by atoms with Crippen LogP contribution in [0.3, 0.4) is 0 Å². The van der Waals surface area contributed by atoms with Crippen LogP contribution in [0.15, 0.2) is 30.5 Å². The summed E-state index contributed by atoms with van der Waals surface area (Å²) in [4.78, 5) is 16.2. The zero-order valence-corrected chi connectivity index (χ0v) is 10.8. The van der Waals surface area contributed by atoms with Gasteiger partial charge in [0.2, 0.25) is 0 Å². The quantitative estimate of drug-likeness (QED) is 0.631. The summed E-state index contributed by atoms with van der Waals surface area (Å²) in [5, 5.41) is 4.44. The Morgan fingerprint density at radius 1 is 1.37 bits per heavy atom. The minimum absolute atomic E-state index is 0.188. The molecule has 1 aromatic heterocycles. The molecule has 3 N–H and O–H groups in total. The van der Waals surface area contributed by atoms with Crippen LogP contribution in [0.1, 0.15) is 16.9 Å². The number of aromatic nitrogens is 1. The number of hydrogen-bond acceptors (Lipinski definition) is 4. The normalized spacial score (nSPS) is 10.6. The Morgan fingerprint density at radius 3 is 3.00 bits per heavy atom. The number of carbonyl (C=O) groups excluding carboxylic acids is 1. The summed E-state index contributed by atoms with van der Waals surface area (Å²) in [6, 6.07) is 7.29. The zero-order valence-electron chi connectivity index (χ0n) is 10.8. The highest BCUT2D eigenvalue weighted by Crippen LogP contribution is 2.22. The maximum absolute atomic E-state index is 12.1. The van der Waals surface area contributed by atoms with Crippen LogP contribution in [0, 0.1) is 0 Å². The summed E-state index contributed by atoms with van der Waals surface area (Å²) in [5.41, 5.74) is 6.94. The molecule has 5 heteroatoms. The van der Waals surface area contributed by atoms with Crippen LogP contribution in [0.25, 0.3) is 10.8 Å². The van der Waals surface area contributed by atoms with E-state index in [-0.39, 0.29) is 5.91 Å². The second-order valence-electron chi connectivity index (χ2n) is 4.20. The van der Waals surface area contributed by atoms with Gasteiger partial charge in [-0.1, -0.05) is 12.1 Å². The Balaban J connectivity index is 2.20. The van der Waals surface area contributed by atoms with Crippen molar-refractivity contribution in [3.8, 4) is 0 Å². The zero-order chi connectivity index (χ0) is 13.7. The number of methoxy groups -OCH3 is 1. The first-order valence-electron chi connectivity index (χ1n) is 6.14. The van der Waals surface area contributed by atoms with Crippen molar-refractivity contribution in [3.63, 3.8) is 0 Å². The van der Waals surface area contributed by atoms with E-state index >= 15 is 0 Å². The number of rotatable bonds is 5. The van der Waals surface area contributed by atoms with Crippen molar-refractivity contribution >= 4 is 22.4 Å². The van der Waals surface area contributed by atoms with E-state index in [0.717, 1.165) is 17.2 Å². The van der Waals surface area contributed by atoms with Gasteiger partial charge in [0.1, 0.15) is 5.69 Å². The number of hydrogen-bond donors (Lipinski definition) is 2. The summed E-state index contributed by atoms with van der Waals surface area (Å²) in [7, 11) is 1.64. The lowest BCUT2D eigenvalue weighted by atomic mass is 10.1. The van der Waals surface area contributed by atoms with E-state index < -0.39 is 0 Å². The van der Waals surface area contributed by atoms with Crippen molar-refractivity contribution < 1.29 is 9.53 Å². The largest absolute Gasteiger partial charge is 0.398 e. The van der Waals surface area contributed by atoms with Crippen LogP contribution in [0.4, 0.5) is 5.69 Å². The number of benzene rings is 1. The fourth-order valence-electron chi connectivity index (χ4n) is 1.91. The molecule has 0 fully saturated rings. The Hall–Kier alpha value is -2.14. The molecule has 0 saturated carbocycles. The number of nitrogens with zero attached hydrogens (tertiary/aromatic N) is 1. The molecule has 2 rings (SSSR count). The summed E-state index contributed by atoms with van der Waals surface area (Å²) >= 11 is 0. The number of nitrogens with two attached hydrogens (primary N) is 1. The number of pyridine rings is 1. The molecule has 0 spiro atoms. The number of nitrogen functional groups attached to an aromatic ring is 1. The maximum atomic E-state index is 12.1. The van der Waals surface area contributed by atoms with Gasteiger partial charge in [-0.3, -0.25) is 9.78 Å². The van der Waals surface area contributed by atoms with Gasteiger partial charge in [-0.25, -0.2) is 0 Å². The fourth-order valence-corrected chi connectivity index (χ4v) is 1.91. The average molecular weight is 259 g/mol. The fraction of sp³-hybridized carbons (Fsp3) is 0.286. The molecule has 2 aromatic rings. The van der Waals surface area contributed by atoms with E-state index in [2.05, 4.69) is 10.3 Å². The van der Waals surface area contributed by atoms with Crippen molar-refractivity contribution in [2.75, 3.05) is 26.0 Å². The van der Waals surface area contributed by atoms with Gasteiger partial charge in [0.15, 0.2) is 0 Å². The van der Waals surface area contributed by atoms with Crippen LogP contribution in [0.5, 0.6) is 0 Å². The van der Waals surface area contributed by atoms with Gasteiger partial charge in [0, 0.05) is 42.9 Å². The Kier molecular flexibility index (Phi) is 4.30. The Bertz CT molecular complexity index is 584. The number of anilines is 1. The van der Waals surface area contributed by atoms with Crippen LogP contribution in [-0.2, 0) is 4.74 Å². The summed E-state index contributed by atoms with van der Waals surface area (Å²) in [6.45, 7) is 1.18. The van der Waals surface area contributed by atoms with Gasteiger partial charge in [-0.15, -0.1) is 0 Å². The first-order valence-corrected chi connectivity index (χ1v) is 6.14. The Morgan fingerprint density at radius 2 is 2.21 bits per heavy atom. The SMILES string of the molecule is COCCCNC(=O)c1nccc2c(N)cccc12. The van der Waals surface area contributed by atoms with E-state index in [1.54, 1.807) is 13.3 Å². The first-order chi connectivity index (χ1) is 9.24. The smallest absolute Gasteiger partial charge is 0.270 e. The predicted octanol–water partition coefficient (Wildman–Crippen LogP) is 1.58. The molecule has 1 aromatic carbocycles. The summed E-state index contributed by atoms with van der Waals surface area (Å²) < 4.78 is 4.93. The molecule has 0 aliphatic carbocycles. The third kappa shape index (κ3) is 3.00. The molecule has 0 bridgehead atoms. The van der Waals surface area contributed by atoms with E-state index in [9.17, 15) is 4.79 Å². The van der Waals surface area contributed by atoms with Crippen LogP contribution >= 0.6 is 0 Å². The van der Waals surface area contributed by atoms with E-state index in [4.69, 9.17) is 10.5 Å². The van der Waals surface area contributed by atoms with Gasteiger partial charge in [-0.2, -0.15) is 0 Å². The molecule has 100 valence electrons. The lowest BCUT2D eigenvalue weighted by Crippen LogP contribution is -2.26. The van der Waals surface area contributed by atoms with Crippen molar-refractivity contribution in [2.24, 2.45) is 0 Å². The molecule has 1 heterocycles. The van der Waals surface area contributed by atoms with Gasteiger partial charge < -0.3 is 15.8 Å². The molecule has 5 nitrogen and oxygen atoms in total. The third-order valence-corrected chi connectivity index (χ3v) is 2.87. The minimum atomic E-state index is -0.188. The van der Waals surface area contributed by atoms with Gasteiger partial charge >= 0.3 is 0 Å².